The highest BCUT2D eigenvalue weighted by Crippen LogP contribution is 2.81. The van der Waals surface area contributed by atoms with Crippen molar-refractivity contribution in [1.82, 2.24) is 10.6 Å². The molecule has 2 aliphatic heterocycles. The number of benzene rings is 2. The highest BCUT2D eigenvalue weighted by Gasteiger charge is 2.78. The SMILES string of the molecule is CNCc1cc(O)cc(C2CC3(C4CCCCC4)C4C(CC56C(CO)CCC7CCCC8CCC(C(O)C9OC9(C)C9CCCC9c9cc(N)cc(CC(C)C)c9)C(C9=C(CCC35)C6(C)CC9=O)C87)NCC(C)(O)CCCCC4(C)C2=O)c1. The van der Waals surface area contributed by atoms with Crippen molar-refractivity contribution in [3.63, 3.8) is 0 Å². The van der Waals surface area contributed by atoms with Gasteiger partial charge in [-0.2, -0.15) is 0 Å². The maximum absolute atomic E-state index is 16.4. The zero-order valence-corrected chi connectivity index (χ0v) is 52.1. The maximum atomic E-state index is 16.4. The van der Waals surface area contributed by atoms with Crippen LogP contribution in [0.4, 0.5) is 5.69 Å². The average Bonchev–Trinajstić information content (AvgIpc) is 2.39. The predicted octanol–water partition coefficient (Wildman–Crippen LogP) is 13.1. The summed E-state index contributed by atoms with van der Waals surface area (Å²) in [6, 6.07) is 12.6. The van der Waals surface area contributed by atoms with Crippen molar-refractivity contribution in [3.05, 3.63) is 69.8 Å². The topological polar surface area (TPSA) is 178 Å². The molecule has 1 spiro atoms. The Bertz CT molecular complexity index is 2820. The molecule has 0 radical (unpaired) electrons. The lowest BCUT2D eigenvalue weighted by Crippen LogP contribution is -2.75. The number of carbonyl (C=O) groups is 2. The van der Waals surface area contributed by atoms with Crippen LogP contribution in [0.25, 0.3) is 0 Å². The Morgan fingerprint density at radius 3 is 2.28 bits per heavy atom. The van der Waals surface area contributed by atoms with Gasteiger partial charge in [0.05, 0.1) is 17.3 Å². The van der Waals surface area contributed by atoms with Gasteiger partial charge in [0.1, 0.15) is 17.6 Å². The third kappa shape index (κ3) is 9.39. The summed E-state index contributed by atoms with van der Waals surface area (Å²) in [5.74, 6) is 3.03. The number of aliphatic hydroxyl groups is 3. The fourth-order valence-corrected chi connectivity index (χ4v) is 24.3. The number of carbonyl (C=O) groups excluding carboxylic acids is 2. The van der Waals surface area contributed by atoms with Crippen LogP contribution in [0.2, 0.25) is 0 Å². The monoisotopic (exact) mass is 1140 g/mol. The minimum Gasteiger partial charge on any atom is -0.508 e. The van der Waals surface area contributed by atoms with Crippen LogP contribution in [0.15, 0.2) is 47.5 Å². The van der Waals surface area contributed by atoms with Crippen LogP contribution in [0.3, 0.4) is 0 Å². The van der Waals surface area contributed by atoms with Crippen LogP contribution in [-0.4, -0.2) is 81.6 Å². The van der Waals surface area contributed by atoms with E-state index in [0.717, 1.165) is 144 Å². The van der Waals surface area contributed by atoms with E-state index >= 15 is 9.59 Å². The van der Waals surface area contributed by atoms with Gasteiger partial charge >= 0.3 is 0 Å². The highest BCUT2D eigenvalue weighted by atomic mass is 16.6. The van der Waals surface area contributed by atoms with Crippen molar-refractivity contribution in [1.29, 1.82) is 0 Å². The van der Waals surface area contributed by atoms with Crippen LogP contribution < -0.4 is 16.4 Å². The predicted molar refractivity (Wildman–Crippen MR) is 328 cm³/mol. The number of hydrogen-bond acceptors (Lipinski definition) is 10. The van der Waals surface area contributed by atoms with Gasteiger partial charge in [0.15, 0.2) is 5.78 Å². The molecular weight excluding hydrogens is 1030 g/mol. The van der Waals surface area contributed by atoms with E-state index in [1.807, 2.05) is 26.1 Å². The van der Waals surface area contributed by atoms with Gasteiger partial charge in [-0.25, -0.2) is 0 Å². The first-order valence-corrected chi connectivity index (χ1v) is 34.3. The van der Waals surface area contributed by atoms with E-state index in [4.69, 9.17) is 10.5 Å². The number of ketones is 2. The van der Waals surface area contributed by atoms with Gasteiger partial charge in [0.2, 0.25) is 0 Å². The second-order valence-corrected chi connectivity index (χ2v) is 32.0. The van der Waals surface area contributed by atoms with Crippen molar-refractivity contribution >= 4 is 17.3 Å². The molecule has 2 aromatic carbocycles. The number of phenolic OH excluding ortho intramolecular Hbond substituents is 1. The third-order valence-electron chi connectivity index (χ3n) is 27.2. The third-order valence-corrected chi connectivity index (χ3v) is 27.2. The molecule has 20 unspecified atom stereocenters. The van der Waals surface area contributed by atoms with Gasteiger partial charge in [-0.3, -0.25) is 9.59 Å². The maximum Gasteiger partial charge on any atom is 0.160 e. The largest absolute Gasteiger partial charge is 0.508 e. The lowest BCUT2D eigenvalue weighted by Gasteiger charge is -2.75. The summed E-state index contributed by atoms with van der Waals surface area (Å²) in [6.07, 6.45) is 23.2. The molecule has 456 valence electrons. The van der Waals surface area contributed by atoms with Gasteiger partial charge in [-0.15, -0.1) is 0 Å². The fourth-order valence-electron chi connectivity index (χ4n) is 24.3. The molecule has 9 aliphatic carbocycles. The van der Waals surface area contributed by atoms with Crippen LogP contribution in [0, 0.1) is 86.8 Å². The number of fused-ring (bicyclic) bond motifs is 2. The molecule has 0 aromatic heterocycles. The molecule has 2 saturated heterocycles. The fraction of sp³-hybridized carbons (Fsp3) is 0.781. The number of nitrogen functional groups attached to an aromatic ring is 1. The van der Waals surface area contributed by atoms with E-state index < -0.39 is 39.5 Å². The Labute approximate surface area is 498 Å². The molecule has 13 rings (SSSR count). The number of Topliss-reactive ketones (excluding diaryl/α,β-unsaturated/α-hetero) is 2. The number of allylic oxidation sites excluding steroid dienone is 2. The molecular formula is C73H107N3O7. The lowest BCUT2D eigenvalue weighted by molar-refractivity contribution is -0.250. The Balaban J connectivity index is 0.959. The van der Waals surface area contributed by atoms with E-state index in [0.29, 0.717) is 79.4 Å². The normalized spacial score (nSPS) is 44.9. The van der Waals surface area contributed by atoms with Gasteiger partial charge in [-0.1, -0.05) is 103 Å². The van der Waals surface area contributed by atoms with E-state index in [-0.39, 0.29) is 65.4 Å². The van der Waals surface area contributed by atoms with Crippen molar-refractivity contribution in [2.24, 2.45) is 86.8 Å². The van der Waals surface area contributed by atoms with E-state index in [1.54, 1.807) is 0 Å². The lowest BCUT2D eigenvalue weighted by atomic mass is 9.29. The standard InChI is InChI=1S/C73H107N3O7/c1-42(2)29-43-30-47(34-51(74)32-43)53-19-14-20-56(53)71(6)67(83-71)64(80)54-24-22-46-16-13-15-45-21-23-50(40-77)73-37-58-65-69(4,28-12-11-27-68(3,82)41-76-58)66(81)55(48-31-44(39-75-7)33-52(78)35-48)36-72(65,49-17-9-8-10-18-49)60(73)26-25-57-63(62(54)61(45)46)59(79)38-70(57,73)5/h30-35,42,45-46,49-50,53-56,58,60-62,64-65,67,75-78,80,82H,8-29,36-41,74H2,1-7H3. The minimum atomic E-state index is -0.928. The molecule has 20 atom stereocenters. The van der Waals surface area contributed by atoms with E-state index in [9.17, 15) is 20.4 Å². The zero-order chi connectivity index (χ0) is 58.2. The summed E-state index contributed by atoms with van der Waals surface area (Å²) in [4.78, 5) is 32.8. The molecule has 2 aromatic rings. The second kappa shape index (κ2) is 21.9. The highest BCUT2D eigenvalue weighted by molar-refractivity contribution is 6.01. The molecule has 83 heavy (non-hydrogen) atoms. The summed E-state index contributed by atoms with van der Waals surface area (Å²) in [7, 11) is 1.94. The Hall–Kier alpha value is -3.12. The van der Waals surface area contributed by atoms with Crippen molar-refractivity contribution in [2.75, 3.05) is 25.9 Å². The number of epoxide rings is 1. The molecule has 11 aliphatic rings. The van der Waals surface area contributed by atoms with Crippen LogP contribution in [0.1, 0.15) is 230 Å². The van der Waals surface area contributed by atoms with E-state index in [1.165, 1.54) is 36.0 Å². The van der Waals surface area contributed by atoms with Gasteiger partial charge < -0.3 is 41.5 Å². The molecule has 0 amide bonds. The van der Waals surface area contributed by atoms with E-state index in [2.05, 4.69) is 69.5 Å². The Kier molecular flexibility index (Phi) is 15.5. The Morgan fingerprint density at radius 2 is 1.53 bits per heavy atom. The number of hydrogen-bond donors (Lipinski definition) is 7. The number of β-amino-alcohol motifs (C(OH)–C–C–N with tert-alkyl or cyclic N) is 1. The molecule has 10 heteroatoms. The first-order chi connectivity index (χ1) is 39.7. The Morgan fingerprint density at radius 1 is 0.795 bits per heavy atom. The first kappa shape index (κ1) is 58.9. The van der Waals surface area contributed by atoms with Gasteiger partial charge in [-0.05, 0) is 251 Å². The number of nitrogens with two attached hydrogens (primary N) is 1. The van der Waals surface area contributed by atoms with Crippen LogP contribution >= 0.6 is 0 Å². The summed E-state index contributed by atoms with van der Waals surface area (Å²) in [5.41, 5.74) is 11.0. The molecule has 7 saturated carbocycles. The number of phenols is 1. The van der Waals surface area contributed by atoms with Gasteiger partial charge in [0.25, 0.3) is 0 Å². The smallest absolute Gasteiger partial charge is 0.160 e. The second-order valence-electron chi connectivity index (χ2n) is 32.0. The number of rotatable bonds is 11. The zero-order valence-electron chi connectivity index (χ0n) is 52.1. The first-order valence-electron chi connectivity index (χ1n) is 34.3. The molecule has 8 N–H and O–H groups in total. The molecule has 10 nitrogen and oxygen atoms in total. The number of nitrogens with one attached hydrogen (secondary N) is 2. The summed E-state index contributed by atoms with van der Waals surface area (Å²) < 4.78 is 7.07. The molecule has 2 heterocycles. The average molecular weight is 1140 g/mol. The molecule has 9 fully saturated rings. The van der Waals surface area contributed by atoms with Crippen molar-refractivity contribution in [2.45, 2.75) is 250 Å². The number of aromatic hydroxyl groups is 1. The number of aliphatic hydroxyl groups excluding tert-OH is 2. The quantitative estimate of drug-likeness (QED) is 0.0846. The minimum absolute atomic E-state index is 0.00377. The molecule has 4 bridgehead atoms. The summed E-state index contributed by atoms with van der Waals surface area (Å²) in [5, 5.41) is 57.6. The van der Waals surface area contributed by atoms with Crippen LogP contribution in [0.5, 0.6) is 5.75 Å². The van der Waals surface area contributed by atoms with Crippen LogP contribution in [-0.2, 0) is 27.3 Å². The number of ether oxygens (including phenoxy) is 1. The number of anilines is 1. The van der Waals surface area contributed by atoms with Crippen molar-refractivity contribution < 1.29 is 34.8 Å². The van der Waals surface area contributed by atoms with Crippen molar-refractivity contribution in [3.8, 4) is 5.75 Å². The van der Waals surface area contributed by atoms with Gasteiger partial charge in [0, 0.05) is 54.6 Å². The summed E-state index contributed by atoms with van der Waals surface area (Å²) >= 11 is 0. The summed E-state index contributed by atoms with van der Waals surface area (Å²) in [6.45, 7) is 14.8.